The molecule has 3 heterocycles. The van der Waals surface area contributed by atoms with Gasteiger partial charge in [-0.05, 0) is 88.2 Å². The van der Waals surface area contributed by atoms with Crippen molar-refractivity contribution in [2.75, 3.05) is 10.2 Å². The fraction of sp³-hybridized carbons (Fsp3) is 0.163. The molecule has 0 saturated heterocycles. The molecule has 1 N–H and O–H groups in total. The molecule has 0 fully saturated rings. The average Bonchev–Trinajstić information content (AvgIpc) is 3.07. The molecule has 9 rings (SSSR count). The van der Waals surface area contributed by atoms with Gasteiger partial charge in [0, 0.05) is 48.9 Å². The zero-order valence-corrected chi connectivity index (χ0v) is 28.3. The summed E-state index contributed by atoms with van der Waals surface area (Å²) in [6.45, 7) is 11.7. The minimum Gasteiger partial charge on any atom is -0.355 e. The molecule has 0 bridgehead atoms. The summed E-state index contributed by atoms with van der Waals surface area (Å²) in [7, 11) is 2.43. The van der Waals surface area contributed by atoms with Crippen LogP contribution in [0.3, 0.4) is 0 Å². The van der Waals surface area contributed by atoms with Crippen LogP contribution >= 0.6 is 11.8 Å². The molecule has 3 aliphatic rings. The molecule has 0 saturated carbocycles. The summed E-state index contributed by atoms with van der Waals surface area (Å²) in [5.74, 6) is 0. The summed E-state index contributed by atoms with van der Waals surface area (Å²) in [4.78, 5) is 5.20. The summed E-state index contributed by atoms with van der Waals surface area (Å²) in [5.41, 5.74) is 17.5. The Morgan fingerprint density at radius 2 is 1.30 bits per heavy atom. The smallest absolute Gasteiger partial charge is 0.197 e. The molecular formula is C43H36BN2S. The number of nitrogens with one attached hydrogen (secondary N) is 1. The topological polar surface area (TPSA) is 15.3 Å². The van der Waals surface area contributed by atoms with Crippen molar-refractivity contribution in [1.82, 2.24) is 0 Å². The van der Waals surface area contributed by atoms with Crippen molar-refractivity contribution in [1.29, 1.82) is 0 Å². The average molecular weight is 624 g/mol. The Hall–Kier alpha value is -4.67. The number of benzene rings is 6. The first kappa shape index (κ1) is 28.5. The molecule has 0 amide bonds. The van der Waals surface area contributed by atoms with Crippen LogP contribution in [-0.4, -0.2) is 7.28 Å². The van der Waals surface area contributed by atoms with Gasteiger partial charge in [0.15, 0.2) is 7.28 Å². The first-order valence-corrected chi connectivity index (χ1v) is 17.3. The number of para-hydroxylation sites is 3. The Bertz CT molecular complexity index is 2250. The molecule has 0 aromatic heterocycles. The lowest BCUT2D eigenvalue weighted by Crippen LogP contribution is -2.45. The van der Waals surface area contributed by atoms with Crippen LogP contribution in [0.15, 0.2) is 131 Å². The summed E-state index contributed by atoms with van der Waals surface area (Å²) in [5, 5.41) is 3.86. The van der Waals surface area contributed by atoms with Gasteiger partial charge in [-0.25, -0.2) is 0 Å². The zero-order valence-electron chi connectivity index (χ0n) is 27.5. The molecule has 3 aliphatic heterocycles. The van der Waals surface area contributed by atoms with Crippen molar-refractivity contribution in [3.8, 4) is 11.1 Å². The molecule has 0 spiro atoms. The third-order valence-corrected chi connectivity index (χ3v) is 11.7. The Morgan fingerprint density at radius 3 is 2.13 bits per heavy atom. The van der Waals surface area contributed by atoms with Crippen LogP contribution in [0.4, 0.5) is 28.4 Å². The predicted octanol–water partition coefficient (Wildman–Crippen LogP) is 10.3. The van der Waals surface area contributed by atoms with Crippen LogP contribution < -0.4 is 21.1 Å². The van der Waals surface area contributed by atoms with E-state index >= 15 is 0 Å². The summed E-state index contributed by atoms with van der Waals surface area (Å²) in [6.07, 6.45) is 0. The number of rotatable bonds is 3. The monoisotopic (exact) mass is 623 g/mol. The van der Waals surface area contributed by atoms with E-state index in [1.165, 1.54) is 76.7 Å². The van der Waals surface area contributed by atoms with Gasteiger partial charge in [-0.1, -0.05) is 124 Å². The molecule has 4 heteroatoms. The number of aryl methyl sites for hydroxylation is 1. The second-order valence-electron chi connectivity index (χ2n) is 14.2. The summed E-state index contributed by atoms with van der Waals surface area (Å²) >= 11 is 1.90. The van der Waals surface area contributed by atoms with E-state index in [4.69, 9.17) is 0 Å². The van der Waals surface area contributed by atoms with Gasteiger partial charge < -0.3 is 10.2 Å². The lowest BCUT2D eigenvalue weighted by atomic mass is 9.56. The number of fused-ring (bicyclic) bond motifs is 6. The lowest BCUT2D eigenvalue weighted by molar-refractivity contribution is 0.608. The summed E-state index contributed by atoms with van der Waals surface area (Å²) in [6, 6.07) is 44.9. The highest BCUT2D eigenvalue weighted by atomic mass is 32.2. The molecule has 6 aromatic carbocycles. The lowest BCUT2D eigenvalue weighted by Gasteiger charge is -2.46. The van der Waals surface area contributed by atoms with E-state index < -0.39 is 0 Å². The molecule has 0 unspecified atom stereocenters. The van der Waals surface area contributed by atoms with E-state index in [0.29, 0.717) is 0 Å². The third-order valence-electron chi connectivity index (χ3n) is 10.5. The van der Waals surface area contributed by atoms with Crippen molar-refractivity contribution in [3.05, 3.63) is 149 Å². The van der Waals surface area contributed by atoms with Crippen LogP contribution in [0.5, 0.6) is 0 Å². The van der Waals surface area contributed by atoms with E-state index in [0.717, 1.165) is 11.4 Å². The van der Waals surface area contributed by atoms with Crippen molar-refractivity contribution in [2.45, 2.75) is 55.2 Å². The van der Waals surface area contributed by atoms with Crippen LogP contribution in [0.1, 0.15) is 55.5 Å². The maximum absolute atomic E-state index is 3.86. The van der Waals surface area contributed by atoms with Crippen LogP contribution in [0, 0.1) is 6.92 Å². The summed E-state index contributed by atoms with van der Waals surface area (Å²) < 4.78 is 0. The predicted molar refractivity (Wildman–Crippen MR) is 201 cm³/mol. The van der Waals surface area contributed by atoms with Gasteiger partial charge in [-0.2, -0.15) is 0 Å². The van der Waals surface area contributed by atoms with Crippen molar-refractivity contribution in [2.24, 2.45) is 0 Å². The van der Waals surface area contributed by atoms with Gasteiger partial charge in [-0.3, -0.25) is 0 Å². The minimum atomic E-state index is -0.124. The van der Waals surface area contributed by atoms with Gasteiger partial charge in [0.05, 0.1) is 5.69 Å². The van der Waals surface area contributed by atoms with E-state index in [-0.39, 0.29) is 10.8 Å². The second kappa shape index (κ2) is 10.2. The van der Waals surface area contributed by atoms with Crippen LogP contribution in [0.25, 0.3) is 11.1 Å². The standard InChI is InChI=1S/C43H36BN2S/c1-26-22-29(40-37(23-26)46-36-20-11-9-16-30(36)42(2,3)32-18-13-19-34(44-40)41(32)46)28-24-39-33(25-35(28)45-27-14-7-6-8-15-27)43(4,5)31-17-10-12-21-38(31)47-39/h6-25,45H,1-5H3. The minimum absolute atomic E-state index is 0.0952. The van der Waals surface area contributed by atoms with Crippen LogP contribution in [0.2, 0.25) is 0 Å². The van der Waals surface area contributed by atoms with E-state index in [1.807, 2.05) is 11.8 Å². The molecule has 2 nitrogen and oxygen atoms in total. The Balaban J connectivity index is 1.30. The van der Waals surface area contributed by atoms with E-state index in [2.05, 4.69) is 173 Å². The van der Waals surface area contributed by atoms with Crippen molar-refractivity contribution in [3.63, 3.8) is 0 Å². The molecular weight excluding hydrogens is 587 g/mol. The number of hydrogen-bond donors (Lipinski definition) is 1. The quantitative estimate of drug-likeness (QED) is 0.197. The third kappa shape index (κ3) is 4.20. The Morgan fingerprint density at radius 1 is 0.596 bits per heavy atom. The SMILES string of the molecule is Cc1cc(-c2cc3c(cc2Nc2ccccc2)C(C)(C)c2ccccc2S3)c2c(c1)N1c3ccccc3C(C)(C)c3cccc(c31)[B]2. The molecule has 47 heavy (non-hydrogen) atoms. The van der Waals surface area contributed by atoms with Crippen LogP contribution in [-0.2, 0) is 10.8 Å². The number of nitrogens with zero attached hydrogens (tertiary/aromatic N) is 1. The van der Waals surface area contributed by atoms with Crippen molar-refractivity contribution >= 4 is 58.4 Å². The molecule has 1 radical (unpaired) electrons. The highest BCUT2D eigenvalue weighted by Gasteiger charge is 2.41. The molecule has 0 aliphatic carbocycles. The first-order valence-electron chi connectivity index (χ1n) is 16.5. The molecule has 227 valence electrons. The zero-order chi connectivity index (χ0) is 32.1. The fourth-order valence-corrected chi connectivity index (χ4v) is 9.55. The largest absolute Gasteiger partial charge is 0.355 e. The van der Waals surface area contributed by atoms with E-state index in [1.54, 1.807) is 0 Å². The highest BCUT2D eigenvalue weighted by molar-refractivity contribution is 7.99. The van der Waals surface area contributed by atoms with Gasteiger partial charge >= 0.3 is 0 Å². The van der Waals surface area contributed by atoms with Gasteiger partial charge in [0.25, 0.3) is 0 Å². The second-order valence-corrected chi connectivity index (χ2v) is 15.3. The first-order chi connectivity index (χ1) is 22.7. The van der Waals surface area contributed by atoms with Gasteiger partial charge in [0.2, 0.25) is 0 Å². The Kier molecular flexibility index (Phi) is 6.17. The van der Waals surface area contributed by atoms with Crippen molar-refractivity contribution < 1.29 is 0 Å². The normalized spacial score (nSPS) is 15.7. The maximum atomic E-state index is 3.86. The Labute approximate surface area is 283 Å². The molecule has 0 atom stereocenters. The number of hydrogen-bond acceptors (Lipinski definition) is 3. The van der Waals surface area contributed by atoms with Gasteiger partial charge in [-0.15, -0.1) is 0 Å². The van der Waals surface area contributed by atoms with E-state index in [9.17, 15) is 0 Å². The maximum Gasteiger partial charge on any atom is 0.197 e. The fourth-order valence-electron chi connectivity index (χ4n) is 8.13. The highest BCUT2D eigenvalue weighted by Crippen LogP contribution is 2.54. The molecule has 6 aromatic rings. The van der Waals surface area contributed by atoms with Gasteiger partial charge in [0.1, 0.15) is 0 Å². The number of anilines is 5.